The summed E-state index contributed by atoms with van der Waals surface area (Å²) in [6, 6.07) is 5.49. The average molecular weight is 179 g/mol. The Bertz CT molecular complexity index is 273. The maximum absolute atomic E-state index is 10.9. The number of hydrogen-bond donors (Lipinski definition) is 2. The maximum atomic E-state index is 10.9. The molecule has 70 valence electrons. The van der Waals surface area contributed by atoms with E-state index in [0.717, 1.165) is 5.69 Å². The van der Waals surface area contributed by atoms with Gasteiger partial charge < -0.3 is 11.1 Å². The Morgan fingerprint density at radius 3 is 3.00 bits per heavy atom. The molecule has 0 saturated carbocycles. The second-order valence-corrected chi connectivity index (χ2v) is 2.75. The number of nitrogens with one attached hydrogen (secondary N) is 1. The van der Waals surface area contributed by atoms with Crippen molar-refractivity contribution in [2.75, 3.05) is 6.54 Å². The molecule has 3 N–H and O–H groups in total. The molecule has 13 heavy (non-hydrogen) atoms. The quantitative estimate of drug-likeness (QED) is 0.697. The van der Waals surface area contributed by atoms with Gasteiger partial charge in [-0.3, -0.25) is 9.78 Å². The van der Waals surface area contributed by atoms with Crippen molar-refractivity contribution in [1.29, 1.82) is 0 Å². The van der Waals surface area contributed by atoms with Crippen LogP contribution in [0.5, 0.6) is 0 Å². The van der Waals surface area contributed by atoms with E-state index in [1.807, 2.05) is 25.1 Å². The van der Waals surface area contributed by atoms with E-state index >= 15 is 0 Å². The number of rotatable bonds is 3. The van der Waals surface area contributed by atoms with Crippen molar-refractivity contribution < 1.29 is 4.79 Å². The molecule has 4 heteroatoms. The Morgan fingerprint density at radius 2 is 2.46 bits per heavy atom. The van der Waals surface area contributed by atoms with Crippen LogP contribution in [0, 0.1) is 0 Å². The molecular weight excluding hydrogens is 166 g/mol. The molecule has 0 aromatic carbocycles. The Balaban J connectivity index is 2.59. The van der Waals surface area contributed by atoms with Gasteiger partial charge in [0, 0.05) is 6.20 Å². The molecule has 1 rings (SSSR count). The summed E-state index contributed by atoms with van der Waals surface area (Å²) in [7, 11) is 0. The number of amides is 1. The van der Waals surface area contributed by atoms with Crippen LogP contribution in [0.3, 0.4) is 0 Å². The van der Waals surface area contributed by atoms with Crippen LogP contribution in [-0.4, -0.2) is 17.4 Å². The maximum Gasteiger partial charge on any atom is 0.234 e. The van der Waals surface area contributed by atoms with Crippen LogP contribution in [-0.2, 0) is 4.79 Å². The fraction of sp³-hybridized carbons (Fsp3) is 0.333. The molecule has 0 aliphatic carbocycles. The van der Waals surface area contributed by atoms with E-state index in [1.54, 1.807) is 6.20 Å². The SMILES string of the molecule is C[C@H](NC(=O)CN)c1ccccn1. The summed E-state index contributed by atoms with van der Waals surface area (Å²) in [5.74, 6) is -0.168. The molecular formula is C9H13N3O. The third kappa shape index (κ3) is 2.83. The predicted molar refractivity (Wildman–Crippen MR) is 49.8 cm³/mol. The lowest BCUT2D eigenvalue weighted by Gasteiger charge is -2.11. The molecule has 0 fully saturated rings. The van der Waals surface area contributed by atoms with Gasteiger partial charge in [0.2, 0.25) is 5.91 Å². The number of nitrogens with two attached hydrogens (primary N) is 1. The van der Waals surface area contributed by atoms with Crippen LogP contribution in [0.4, 0.5) is 0 Å². The number of carbonyl (C=O) groups is 1. The first kappa shape index (κ1) is 9.67. The van der Waals surface area contributed by atoms with Gasteiger partial charge in [0.05, 0.1) is 18.3 Å². The lowest BCUT2D eigenvalue weighted by atomic mass is 10.2. The smallest absolute Gasteiger partial charge is 0.234 e. The molecule has 1 amide bonds. The topological polar surface area (TPSA) is 68.0 Å². The zero-order valence-corrected chi connectivity index (χ0v) is 7.53. The van der Waals surface area contributed by atoms with E-state index in [0.29, 0.717) is 0 Å². The van der Waals surface area contributed by atoms with E-state index in [9.17, 15) is 4.79 Å². The van der Waals surface area contributed by atoms with Crippen molar-refractivity contribution in [1.82, 2.24) is 10.3 Å². The summed E-state index contributed by atoms with van der Waals surface area (Å²) >= 11 is 0. The molecule has 0 radical (unpaired) electrons. The van der Waals surface area contributed by atoms with E-state index in [4.69, 9.17) is 5.73 Å². The second-order valence-electron chi connectivity index (χ2n) is 2.75. The van der Waals surface area contributed by atoms with Gasteiger partial charge in [0.25, 0.3) is 0 Å². The van der Waals surface area contributed by atoms with Crippen molar-refractivity contribution in [3.05, 3.63) is 30.1 Å². The minimum absolute atomic E-state index is 0.0111. The molecule has 1 aromatic heterocycles. The minimum atomic E-state index is -0.168. The Kier molecular flexibility index (Phi) is 3.40. The molecule has 0 saturated heterocycles. The summed E-state index contributed by atoms with van der Waals surface area (Å²) < 4.78 is 0. The largest absolute Gasteiger partial charge is 0.347 e. The summed E-state index contributed by atoms with van der Waals surface area (Å²) in [5.41, 5.74) is 6.00. The highest BCUT2D eigenvalue weighted by Gasteiger charge is 2.07. The third-order valence-corrected chi connectivity index (χ3v) is 1.69. The normalized spacial score (nSPS) is 12.2. The molecule has 0 bridgehead atoms. The van der Waals surface area contributed by atoms with Crippen LogP contribution in [0.1, 0.15) is 18.7 Å². The molecule has 1 heterocycles. The highest BCUT2D eigenvalue weighted by atomic mass is 16.1. The van der Waals surface area contributed by atoms with Gasteiger partial charge >= 0.3 is 0 Å². The standard InChI is InChI=1S/C9H13N3O/c1-7(12-9(13)6-10)8-4-2-3-5-11-8/h2-5,7H,6,10H2,1H3,(H,12,13)/t7-/m0/s1. The number of pyridine rings is 1. The average Bonchev–Trinajstić information content (AvgIpc) is 2.19. The summed E-state index contributed by atoms with van der Waals surface area (Å²) in [5, 5.41) is 2.72. The molecule has 1 aromatic rings. The van der Waals surface area contributed by atoms with Crippen molar-refractivity contribution in [3.8, 4) is 0 Å². The van der Waals surface area contributed by atoms with Crippen LogP contribution in [0.25, 0.3) is 0 Å². The third-order valence-electron chi connectivity index (χ3n) is 1.69. The van der Waals surface area contributed by atoms with E-state index < -0.39 is 0 Å². The highest BCUT2D eigenvalue weighted by Crippen LogP contribution is 2.06. The monoisotopic (exact) mass is 179 g/mol. The first-order valence-electron chi connectivity index (χ1n) is 4.14. The predicted octanol–water partition coefficient (Wildman–Crippen LogP) is 0.217. The minimum Gasteiger partial charge on any atom is -0.347 e. The molecule has 0 aliphatic rings. The van der Waals surface area contributed by atoms with Crippen LogP contribution in [0.15, 0.2) is 24.4 Å². The van der Waals surface area contributed by atoms with Gasteiger partial charge in [0.1, 0.15) is 0 Å². The first-order valence-corrected chi connectivity index (χ1v) is 4.14. The fourth-order valence-corrected chi connectivity index (χ4v) is 1.01. The number of nitrogens with zero attached hydrogens (tertiary/aromatic N) is 1. The Hall–Kier alpha value is -1.42. The molecule has 0 unspecified atom stereocenters. The van der Waals surface area contributed by atoms with Crippen molar-refractivity contribution in [2.24, 2.45) is 5.73 Å². The fourth-order valence-electron chi connectivity index (χ4n) is 1.01. The zero-order valence-electron chi connectivity index (χ0n) is 7.53. The lowest BCUT2D eigenvalue weighted by Crippen LogP contribution is -2.32. The van der Waals surface area contributed by atoms with E-state index in [1.165, 1.54) is 0 Å². The lowest BCUT2D eigenvalue weighted by molar-refractivity contribution is -0.120. The molecule has 4 nitrogen and oxygen atoms in total. The summed E-state index contributed by atoms with van der Waals surface area (Å²) in [4.78, 5) is 15.0. The van der Waals surface area contributed by atoms with Crippen LogP contribution >= 0.6 is 0 Å². The van der Waals surface area contributed by atoms with Crippen molar-refractivity contribution in [2.45, 2.75) is 13.0 Å². The van der Waals surface area contributed by atoms with Crippen molar-refractivity contribution >= 4 is 5.91 Å². The second kappa shape index (κ2) is 4.57. The van der Waals surface area contributed by atoms with Gasteiger partial charge in [-0.2, -0.15) is 0 Å². The van der Waals surface area contributed by atoms with Crippen molar-refractivity contribution in [3.63, 3.8) is 0 Å². The molecule has 1 atom stereocenters. The van der Waals surface area contributed by atoms with Gasteiger partial charge in [-0.05, 0) is 19.1 Å². The first-order chi connectivity index (χ1) is 6.24. The van der Waals surface area contributed by atoms with E-state index in [2.05, 4.69) is 10.3 Å². The zero-order chi connectivity index (χ0) is 9.68. The Labute approximate surface area is 77.2 Å². The van der Waals surface area contributed by atoms with Crippen LogP contribution < -0.4 is 11.1 Å². The number of carbonyl (C=O) groups excluding carboxylic acids is 1. The summed E-state index contributed by atoms with van der Waals surface area (Å²) in [6.07, 6.45) is 1.69. The van der Waals surface area contributed by atoms with Gasteiger partial charge in [-0.15, -0.1) is 0 Å². The van der Waals surface area contributed by atoms with Gasteiger partial charge in [-0.1, -0.05) is 6.07 Å². The van der Waals surface area contributed by atoms with Gasteiger partial charge in [0.15, 0.2) is 0 Å². The highest BCUT2D eigenvalue weighted by molar-refractivity contribution is 5.78. The Morgan fingerprint density at radius 1 is 1.69 bits per heavy atom. The van der Waals surface area contributed by atoms with E-state index in [-0.39, 0.29) is 18.5 Å². The summed E-state index contributed by atoms with van der Waals surface area (Å²) in [6.45, 7) is 1.88. The number of hydrogen-bond acceptors (Lipinski definition) is 3. The number of aromatic nitrogens is 1. The molecule has 0 aliphatic heterocycles. The van der Waals surface area contributed by atoms with Crippen LogP contribution in [0.2, 0.25) is 0 Å². The van der Waals surface area contributed by atoms with Gasteiger partial charge in [-0.25, -0.2) is 0 Å². The molecule has 0 spiro atoms.